The third kappa shape index (κ3) is 2.70. The second kappa shape index (κ2) is 5.18. The van der Waals surface area contributed by atoms with Crippen LogP contribution in [-0.2, 0) is 0 Å². The molecule has 0 radical (unpaired) electrons. The molecule has 0 saturated heterocycles. The van der Waals surface area contributed by atoms with Gasteiger partial charge in [-0.05, 0) is 6.42 Å². The first-order chi connectivity index (χ1) is 6.77. The number of anilines is 1. The van der Waals surface area contributed by atoms with E-state index >= 15 is 0 Å². The van der Waals surface area contributed by atoms with Crippen LogP contribution in [0, 0.1) is 11.3 Å². The molecule has 1 rings (SSSR count). The molecule has 1 aromatic heterocycles. The van der Waals surface area contributed by atoms with Gasteiger partial charge in [-0.15, -0.1) is 0 Å². The molecule has 0 aromatic carbocycles. The van der Waals surface area contributed by atoms with Crippen molar-refractivity contribution in [2.45, 2.75) is 19.8 Å². The van der Waals surface area contributed by atoms with Crippen LogP contribution in [0.25, 0.3) is 0 Å². The van der Waals surface area contributed by atoms with E-state index in [4.69, 9.17) is 5.26 Å². The van der Waals surface area contributed by atoms with Gasteiger partial charge < -0.3 is 4.90 Å². The van der Waals surface area contributed by atoms with Crippen molar-refractivity contribution in [3.63, 3.8) is 0 Å². The van der Waals surface area contributed by atoms with Crippen LogP contribution >= 0.6 is 0 Å². The van der Waals surface area contributed by atoms with E-state index in [1.807, 2.05) is 18.0 Å². The van der Waals surface area contributed by atoms with Gasteiger partial charge in [0.1, 0.15) is 11.9 Å². The molecular formula is C10H14N4. The summed E-state index contributed by atoms with van der Waals surface area (Å²) in [7, 11) is 1.98. The highest BCUT2D eigenvalue weighted by atomic mass is 15.2. The highest BCUT2D eigenvalue weighted by molar-refractivity contribution is 5.35. The lowest BCUT2D eigenvalue weighted by atomic mass is 10.3. The Morgan fingerprint density at radius 1 is 1.43 bits per heavy atom. The van der Waals surface area contributed by atoms with Crippen LogP contribution in [0.2, 0.25) is 0 Å². The Morgan fingerprint density at radius 2 is 2.21 bits per heavy atom. The van der Waals surface area contributed by atoms with E-state index in [0.717, 1.165) is 25.2 Å². The Hall–Kier alpha value is -1.63. The van der Waals surface area contributed by atoms with Gasteiger partial charge in [-0.2, -0.15) is 5.26 Å². The Morgan fingerprint density at radius 3 is 2.71 bits per heavy atom. The Balaban J connectivity index is 2.63. The largest absolute Gasteiger partial charge is 0.358 e. The second-order valence-corrected chi connectivity index (χ2v) is 3.15. The van der Waals surface area contributed by atoms with Gasteiger partial charge in [-0.3, -0.25) is 0 Å². The summed E-state index contributed by atoms with van der Waals surface area (Å²) < 4.78 is 0. The minimum absolute atomic E-state index is 0.359. The molecule has 1 aromatic rings. The summed E-state index contributed by atoms with van der Waals surface area (Å²) in [5.41, 5.74) is 0.359. The van der Waals surface area contributed by atoms with Crippen molar-refractivity contribution in [2.75, 3.05) is 18.5 Å². The molecule has 0 atom stereocenters. The number of aromatic nitrogens is 2. The molecular weight excluding hydrogens is 176 g/mol. The molecule has 4 heteroatoms. The van der Waals surface area contributed by atoms with E-state index in [1.54, 1.807) is 6.20 Å². The van der Waals surface area contributed by atoms with Gasteiger partial charge in [0.15, 0.2) is 5.69 Å². The van der Waals surface area contributed by atoms with Crippen molar-refractivity contribution in [3.8, 4) is 6.07 Å². The first kappa shape index (κ1) is 10.5. The third-order valence-corrected chi connectivity index (χ3v) is 1.99. The van der Waals surface area contributed by atoms with Crippen molar-refractivity contribution < 1.29 is 0 Å². The molecule has 0 spiro atoms. The first-order valence-electron chi connectivity index (χ1n) is 4.71. The predicted octanol–water partition coefficient (Wildman–Crippen LogP) is 1.58. The summed E-state index contributed by atoms with van der Waals surface area (Å²) in [6, 6.07) is 1.94. The fraction of sp³-hybridized carbons (Fsp3) is 0.500. The van der Waals surface area contributed by atoms with Gasteiger partial charge in [0.2, 0.25) is 0 Å². The fourth-order valence-corrected chi connectivity index (χ4v) is 1.09. The van der Waals surface area contributed by atoms with E-state index in [1.165, 1.54) is 6.20 Å². The number of hydrogen-bond acceptors (Lipinski definition) is 4. The Kier molecular flexibility index (Phi) is 3.86. The molecule has 0 saturated carbocycles. The van der Waals surface area contributed by atoms with E-state index in [0.29, 0.717) is 5.69 Å². The van der Waals surface area contributed by atoms with E-state index < -0.39 is 0 Å². The molecule has 1 heterocycles. The van der Waals surface area contributed by atoms with Crippen molar-refractivity contribution >= 4 is 5.82 Å². The molecule has 0 aliphatic rings. The van der Waals surface area contributed by atoms with Gasteiger partial charge in [0, 0.05) is 13.6 Å². The summed E-state index contributed by atoms with van der Waals surface area (Å²) in [4.78, 5) is 10.1. The quantitative estimate of drug-likeness (QED) is 0.723. The van der Waals surface area contributed by atoms with Crippen molar-refractivity contribution in [1.82, 2.24) is 9.97 Å². The minimum atomic E-state index is 0.359. The highest BCUT2D eigenvalue weighted by Gasteiger charge is 2.01. The van der Waals surface area contributed by atoms with Crippen LogP contribution in [0.1, 0.15) is 25.5 Å². The average molecular weight is 190 g/mol. The zero-order valence-corrected chi connectivity index (χ0v) is 8.56. The number of unbranched alkanes of at least 4 members (excludes halogenated alkanes) is 1. The van der Waals surface area contributed by atoms with Crippen LogP contribution in [0.15, 0.2) is 12.4 Å². The lowest BCUT2D eigenvalue weighted by molar-refractivity contribution is 0.757. The molecule has 0 aliphatic carbocycles. The van der Waals surface area contributed by atoms with Gasteiger partial charge in [0.25, 0.3) is 0 Å². The average Bonchev–Trinajstić information content (AvgIpc) is 2.26. The lowest BCUT2D eigenvalue weighted by Gasteiger charge is -2.16. The van der Waals surface area contributed by atoms with Crippen molar-refractivity contribution in [2.24, 2.45) is 0 Å². The van der Waals surface area contributed by atoms with Crippen LogP contribution in [0.4, 0.5) is 5.82 Å². The number of rotatable bonds is 4. The molecule has 0 unspecified atom stereocenters. The van der Waals surface area contributed by atoms with E-state index in [-0.39, 0.29) is 0 Å². The first-order valence-corrected chi connectivity index (χ1v) is 4.71. The minimum Gasteiger partial charge on any atom is -0.358 e. The molecule has 4 nitrogen and oxygen atoms in total. The van der Waals surface area contributed by atoms with Gasteiger partial charge >= 0.3 is 0 Å². The summed E-state index contributed by atoms with van der Waals surface area (Å²) >= 11 is 0. The molecule has 0 aliphatic heterocycles. The predicted molar refractivity (Wildman–Crippen MR) is 54.9 cm³/mol. The Labute approximate surface area is 84.2 Å². The second-order valence-electron chi connectivity index (χ2n) is 3.15. The van der Waals surface area contributed by atoms with Crippen LogP contribution in [0.3, 0.4) is 0 Å². The fourth-order valence-electron chi connectivity index (χ4n) is 1.09. The van der Waals surface area contributed by atoms with Crippen LogP contribution in [0.5, 0.6) is 0 Å². The highest BCUT2D eigenvalue weighted by Crippen LogP contribution is 2.07. The monoisotopic (exact) mass is 190 g/mol. The number of hydrogen-bond donors (Lipinski definition) is 0. The smallest absolute Gasteiger partial charge is 0.158 e. The number of nitriles is 1. The summed E-state index contributed by atoms with van der Waals surface area (Å²) in [6.07, 6.45) is 5.43. The summed E-state index contributed by atoms with van der Waals surface area (Å²) in [5.74, 6) is 0.817. The molecule has 0 bridgehead atoms. The molecule has 0 amide bonds. The lowest BCUT2D eigenvalue weighted by Crippen LogP contribution is -2.19. The maximum atomic E-state index is 8.54. The van der Waals surface area contributed by atoms with Gasteiger partial charge in [-0.25, -0.2) is 9.97 Å². The van der Waals surface area contributed by atoms with E-state index in [9.17, 15) is 0 Å². The summed E-state index contributed by atoms with van der Waals surface area (Å²) in [6.45, 7) is 3.12. The van der Waals surface area contributed by atoms with Crippen LogP contribution in [-0.4, -0.2) is 23.6 Å². The van der Waals surface area contributed by atoms with E-state index in [2.05, 4.69) is 16.9 Å². The standard InChI is InChI=1S/C10H14N4/c1-3-4-5-14(2)10-8-12-9(6-11)7-13-10/h7-8H,3-5H2,1-2H3. The van der Waals surface area contributed by atoms with Crippen molar-refractivity contribution in [1.29, 1.82) is 5.26 Å². The molecule has 0 N–H and O–H groups in total. The van der Waals surface area contributed by atoms with Crippen LogP contribution < -0.4 is 4.90 Å². The molecule has 14 heavy (non-hydrogen) atoms. The Bertz CT molecular complexity index is 312. The summed E-state index contributed by atoms with van der Waals surface area (Å²) in [5, 5.41) is 8.54. The maximum Gasteiger partial charge on any atom is 0.158 e. The molecule has 74 valence electrons. The van der Waals surface area contributed by atoms with Crippen molar-refractivity contribution in [3.05, 3.63) is 18.1 Å². The topological polar surface area (TPSA) is 52.8 Å². The van der Waals surface area contributed by atoms with Gasteiger partial charge in [0.05, 0.1) is 12.4 Å². The maximum absolute atomic E-state index is 8.54. The van der Waals surface area contributed by atoms with Gasteiger partial charge in [-0.1, -0.05) is 13.3 Å². The zero-order chi connectivity index (χ0) is 10.4. The third-order valence-electron chi connectivity index (χ3n) is 1.99. The SMILES string of the molecule is CCCCN(C)c1cnc(C#N)cn1. The molecule has 0 fully saturated rings. The number of nitrogens with zero attached hydrogens (tertiary/aromatic N) is 4. The normalized spacial score (nSPS) is 9.50. The zero-order valence-electron chi connectivity index (χ0n) is 8.56.